The van der Waals surface area contributed by atoms with Gasteiger partial charge < -0.3 is 25.3 Å². The fourth-order valence-electron chi connectivity index (χ4n) is 3.77. The van der Waals surface area contributed by atoms with Gasteiger partial charge in [-0.1, -0.05) is 55.5 Å². The number of imidazole rings is 2. The molecule has 0 unspecified atom stereocenters. The summed E-state index contributed by atoms with van der Waals surface area (Å²) in [4.78, 5) is 29.2. The highest BCUT2D eigenvalue weighted by Gasteiger charge is 2.22. The van der Waals surface area contributed by atoms with Gasteiger partial charge in [-0.15, -0.1) is 0 Å². The Labute approximate surface area is 205 Å². The largest absolute Gasteiger partial charge is 0.444 e. The molecule has 2 aromatic carbocycles. The number of aromatic nitrogens is 4. The molecule has 1 amide bonds. The summed E-state index contributed by atoms with van der Waals surface area (Å²) in [5.41, 5.74) is 11.2. The van der Waals surface area contributed by atoms with Gasteiger partial charge in [0.2, 0.25) is 0 Å². The summed E-state index contributed by atoms with van der Waals surface area (Å²) in [6.45, 7) is 8.61. The maximum atomic E-state index is 12.6. The zero-order valence-corrected chi connectivity index (χ0v) is 20.6. The highest BCUT2D eigenvalue weighted by atomic mass is 16.6. The number of nitrogens with two attached hydrogens (primary N) is 1. The first-order valence-electron chi connectivity index (χ1n) is 11.8. The van der Waals surface area contributed by atoms with E-state index in [0.29, 0.717) is 19.0 Å². The van der Waals surface area contributed by atoms with Crippen LogP contribution < -0.4 is 5.73 Å². The van der Waals surface area contributed by atoms with Crippen molar-refractivity contribution < 1.29 is 9.53 Å². The van der Waals surface area contributed by atoms with E-state index in [2.05, 4.69) is 56.3 Å². The Morgan fingerprint density at radius 3 is 1.89 bits per heavy atom. The van der Waals surface area contributed by atoms with Crippen molar-refractivity contribution >= 4 is 12.0 Å². The van der Waals surface area contributed by atoms with Gasteiger partial charge in [0.15, 0.2) is 5.95 Å². The number of amides is 1. The lowest BCUT2D eigenvalue weighted by Crippen LogP contribution is -2.37. The first-order valence-corrected chi connectivity index (χ1v) is 11.8. The number of rotatable bonds is 7. The molecule has 0 saturated heterocycles. The van der Waals surface area contributed by atoms with Crippen LogP contribution in [0.3, 0.4) is 0 Å². The third kappa shape index (κ3) is 6.09. The minimum Gasteiger partial charge on any atom is -0.444 e. The predicted molar refractivity (Wildman–Crippen MR) is 138 cm³/mol. The van der Waals surface area contributed by atoms with Crippen molar-refractivity contribution in [2.75, 3.05) is 12.3 Å². The lowest BCUT2D eigenvalue weighted by atomic mass is 10.0. The molecule has 8 heteroatoms. The molecule has 35 heavy (non-hydrogen) atoms. The number of ether oxygens (including phenoxy) is 1. The van der Waals surface area contributed by atoms with Crippen LogP contribution >= 0.6 is 0 Å². The van der Waals surface area contributed by atoms with Crippen LogP contribution in [0.2, 0.25) is 0 Å². The van der Waals surface area contributed by atoms with Crippen LogP contribution in [0.15, 0.2) is 60.9 Å². The summed E-state index contributed by atoms with van der Waals surface area (Å²) in [5.74, 6) is 1.13. The van der Waals surface area contributed by atoms with Crippen molar-refractivity contribution in [2.45, 2.75) is 46.3 Å². The quantitative estimate of drug-likeness (QED) is 0.312. The molecule has 0 aliphatic heterocycles. The highest BCUT2D eigenvalue weighted by Crippen LogP contribution is 2.27. The standard InChI is InChI=1S/C27H32N6O2/c1-5-14-33(26(34)35-27(2,3)4)17-24-29-15-22(31-24)20-10-6-18(7-11-20)19-8-12-21(13-9-19)23-16-30-25(28)32-23/h6-13,15-16H,5,14,17H2,1-4H3,(H,29,31)(H3,28,30,32). The summed E-state index contributed by atoms with van der Waals surface area (Å²) >= 11 is 0. The summed E-state index contributed by atoms with van der Waals surface area (Å²) in [6, 6.07) is 16.5. The van der Waals surface area contributed by atoms with Gasteiger partial charge in [0.25, 0.3) is 0 Å². The fourth-order valence-corrected chi connectivity index (χ4v) is 3.77. The Hall–Kier alpha value is -4.07. The van der Waals surface area contributed by atoms with Crippen LogP contribution in [-0.2, 0) is 11.3 Å². The molecule has 2 aromatic heterocycles. The average Bonchev–Trinajstić information content (AvgIpc) is 3.47. The molecule has 4 aromatic rings. The third-order valence-corrected chi connectivity index (χ3v) is 5.43. The van der Waals surface area contributed by atoms with Crippen molar-refractivity contribution in [1.82, 2.24) is 24.8 Å². The number of aromatic amines is 2. The van der Waals surface area contributed by atoms with Gasteiger partial charge in [0.1, 0.15) is 11.4 Å². The van der Waals surface area contributed by atoms with E-state index >= 15 is 0 Å². The molecule has 0 radical (unpaired) electrons. The van der Waals surface area contributed by atoms with E-state index in [1.165, 1.54) is 0 Å². The molecule has 0 bridgehead atoms. The first kappa shape index (κ1) is 24.1. The fraction of sp³-hybridized carbons (Fsp3) is 0.296. The maximum absolute atomic E-state index is 12.6. The number of hydrogen-bond donors (Lipinski definition) is 3. The van der Waals surface area contributed by atoms with E-state index in [-0.39, 0.29) is 6.09 Å². The van der Waals surface area contributed by atoms with Gasteiger partial charge in [-0.05, 0) is 49.4 Å². The van der Waals surface area contributed by atoms with Gasteiger partial charge in [0.05, 0.1) is 30.3 Å². The molecule has 2 heterocycles. The zero-order chi connectivity index (χ0) is 25.0. The molecule has 0 aliphatic rings. The second-order valence-electron chi connectivity index (χ2n) is 9.48. The van der Waals surface area contributed by atoms with Crippen LogP contribution in [0.4, 0.5) is 10.7 Å². The summed E-state index contributed by atoms with van der Waals surface area (Å²) in [6.07, 6.45) is 4.04. The van der Waals surface area contributed by atoms with Crippen LogP contribution in [0.5, 0.6) is 0 Å². The second-order valence-corrected chi connectivity index (χ2v) is 9.48. The number of nitrogen functional groups attached to an aromatic ring is 1. The predicted octanol–water partition coefficient (Wildman–Crippen LogP) is 5.86. The molecule has 182 valence electrons. The Morgan fingerprint density at radius 2 is 1.40 bits per heavy atom. The van der Waals surface area contributed by atoms with E-state index < -0.39 is 5.60 Å². The molecule has 4 N–H and O–H groups in total. The van der Waals surface area contributed by atoms with E-state index in [4.69, 9.17) is 10.5 Å². The van der Waals surface area contributed by atoms with Crippen molar-refractivity contribution in [3.05, 3.63) is 66.7 Å². The maximum Gasteiger partial charge on any atom is 0.410 e. The molecule has 0 aliphatic carbocycles. The van der Waals surface area contributed by atoms with E-state index in [0.717, 1.165) is 45.9 Å². The van der Waals surface area contributed by atoms with Crippen LogP contribution in [0.25, 0.3) is 33.6 Å². The van der Waals surface area contributed by atoms with E-state index in [9.17, 15) is 4.79 Å². The minimum absolute atomic E-state index is 0.330. The average molecular weight is 473 g/mol. The molecule has 0 fully saturated rings. The summed E-state index contributed by atoms with van der Waals surface area (Å²) in [7, 11) is 0. The number of nitrogens with zero attached hydrogens (tertiary/aromatic N) is 3. The molecular weight excluding hydrogens is 440 g/mol. The molecule has 0 spiro atoms. The number of benzene rings is 2. The Morgan fingerprint density at radius 1 is 0.886 bits per heavy atom. The SMILES string of the molecule is CCCN(Cc1ncc(-c2ccc(-c3ccc(-c4cnc(N)[nH]4)cc3)cc2)[nH]1)C(=O)OC(C)(C)C. The van der Waals surface area contributed by atoms with Crippen molar-refractivity contribution in [3.8, 4) is 33.6 Å². The van der Waals surface area contributed by atoms with Crippen LogP contribution in [-0.4, -0.2) is 43.1 Å². The molecule has 8 nitrogen and oxygen atoms in total. The number of nitrogens with one attached hydrogen (secondary N) is 2. The number of anilines is 1. The lowest BCUT2D eigenvalue weighted by Gasteiger charge is -2.26. The number of carbonyl (C=O) groups excluding carboxylic acids is 1. The van der Waals surface area contributed by atoms with E-state index in [1.807, 2.05) is 39.8 Å². The normalized spacial score (nSPS) is 11.4. The smallest absolute Gasteiger partial charge is 0.410 e. The summed E-state index contributed by atoms with van der Waals surface area (Å²) in [5, 5.41) is 0. The monoisotopic (exact) mass is 472 g/mol. The lowest BCUT2D eigenvalue weighted by molar-refractivity contribution is 0.0229. The topological polar surface area (TPSA) is 113 Å². The molecule has 0 atom stereocenters. The Bertz CT molecular complexity index is 1270. The van der Waals surface area contributed by atoms with Crippen molar-refractivity contribution in [2.24, 2.45) is 0 Å². The third-order valence-electron chi connectivity index (χ3n) is 5.43. The highest BCUT2D eigenvalue weighted by molar-refractivity contribution is 5.72. The van der Waals surface area contributed by atoms with Gasteiger partial charge in [0, 0.05) is 6.54 Å². The molecule has 4 rings (SSSR count). The molecule has 0 saturated carbocycles. The zero-order valence-electron chi connectivity index (χ0n) is 20.6. The minimum atomic E-state index is -0.535. The van der Waals surface area contributed by atoms with Crippen molar-refractivity contribution in [3.63, 3.8) is 0 Å². The Kier molecular flexibility index (Phi) is 6.91. The van der Waals surface area contributed by atoms with E-state index in [1.54, 1.807) is 17.3 Å². The van der Waals surface area contributed by atoms with Gasteiger partial charge in [-0.3, -0.25) is 0 Å². The first-order chi connectivity index (χ1) is 16.7. The van der Waals surface area contributed by atoms with Gasteiger partial charge in [-0.25, -0.2) is 14.8 Å². The van der Waals surface area contributed by atoms with Gasteiger partial charge in [-0.2, -0.15) is 0 Å². The second kappa shape index (κ2) is 10.0. The molecular formula is C27H32N6O2. The van der Waals surface area contributed by atoms with Crippen LogP contribution in [0, 0.1) is 0 Å². The number of hydrogen-bond acceptors (Lipinski definition) is 5. The number of H-pyrrole nitrogens is 2. The van der Waals surface area contributed by atoms with Gasteiger partial charge >= 0.3 is 6.09 Å². The van der Waals surface area contributed by atoms with Crippen LogP contribution in [0.1, 0.15) is 39.9 Å². The van der Waals surface area contributed by atoms with Crippen molar-refractivity contribution in [1.29, 1.82) is 0 Å². The number of carbonyl (C=O) groups is 1. The summed E-state index contributed by atoms with van der Waals surface area (Å²) < 4.78 is 5.54. The Balaban J connectivity index is 1.44.